The monoisotopic (exact) mass is 328 g/mol. The Hall–Kier alpha value is -1.64. The Morgan fingerprint density at radius 1 is 1.41 bits per heavy atom. The van der Waals surface area contributed by atoms with Crippen LogP contribution < -0.4 is 15.8 Å². The molecule has 7 nitrogen and oxygen atoms in total. The van der Waals surface area contributed by atoms with E-state index < -0.39 is 10.0 Å². The largest absolute Gasteiger partial charge is 0.382 e. The molecule has 22 heavy (non-hydrogen) atoms. The van der Waals surface area contributed by atoms with Gasteiger partial charge in [-0.1, -0.05) is 12.1 Å². The standard InChI is InChI=1S/C14H24N4O3S/c1-3-21-9-5-8-17-14(15)18-11-12-6-4-7-13(10-12)22(19,20)16-2/h4,6-7,10,16H,3,5,8-9,11H2,1-2H3,(H3,15,17,18). The van der Waals surface area contributed by atoms with E-state index in [1.165, 1.54) is 13.1 Å². The third kappa shape index (κ3) is 6.42. The number of ether oxygens (including phenoxy) is 1. The highest BCUT2D eigenvalue weighted by Crippen LogP contribution is 2.11. The molecule has 0 unspecified atom stereocenters. The van der Waals surface area contributed by atoms with Crippen LogP contribution in [0, 0.1) is 0 Å². The molecule has 0 aliphatic heterocycles. The van der Waals surface area contributed by atoms with Crippen molar-refractivity contribution in [3.63, 3.8) is 0 Å². The maximum atomic E-state index is 11.7. The fourth-order valence-corrected chi connectivity index (χ4v) is 2.50. The molecule has 4 N–H and O–H groups in total. The van der Waals surface area contributed by atoms with Gasteiger partial charge in [-0.05, 0) is 38.1 Å². The van der Waals surface area contributed by atoms with Gasteiger partial charge in [-0.25, -0.2) is 18.1 Å². The van der Waals surface area contributed by atoms with Gasteiger partial charge in [-0.2, -0.15) is 0 Å². The second kappa shape index (κ2) is 9.39. The number of nitrogens with zero attached hydrogens (tertiary/aromatic N) is 1. The molecule has 0 radical (unpaired) electrons. The molecule has 0 aliphatic rings. The number of rotatable bonds is 9. The van der Waals surface area contributed by atoms with Crippen molar-refractivity contribution in [3.05, 3.63) is 29.8 Å². The molecule has 0 aliphatic carbocycles. The molecule has 1 rings (SSSR count). The van der Waals surface area contributed by atoms with Crippen molar-refractivity contribution in [2.24, 2.45) is 10.7 Å². The van der Waals surface area contributed by atoms with Crippen LogP contribution in [0.15, 0.2) is 34.2 Å². The molecular formula is C14H24N4O3S. The van der Waals surface area contributed by atoms with Crippen LogP contribution in [-0.4, -0.2) is 41.2 Å². The number of hydrogen-bond acceptors (Lipinski definition) is 4. The number of aliphatic imine (C=N–C) groups is 1. The highest BCUT2D eigenvalue weighted by atomic mass is 32.2. The zero-order valence-electron chi connectivity index (χ0n) is 13.0. The van der Waals surface area contributed by atoms with Gasteiger partial charge in [0, 0.05) is 19.8 Å². The summed E-state index contributed by atoms with van der Waals surface area (Å²) in [6.45, 7) is 4.34. The molecule has 0 atom stereocenters. The van der Waals surface area contributed by atoms with Gasteiger partial charge < -0.3 is 15.8 Å². The predicted molar refractivity (Wildman–Crippen MR) is 87.1 cm³/mol. The quantitative estimate of drug-likeness (QED) is 0.346. The Bertz CT molecular complexity index is 588. The molecule has 1 aromatic rings. The second-order valence-electron chi connectivity index (χ2n) is 4.53. The summed E-state index contributed by atoms with van der Waals surface area (Å²) in [4.78, 5) is 4.40. The van der Waals surface area contributed by atoms with Crippen LogP contribution >= 0.6 is 0 Å². The maximum Gasteiger partial charge on any atom is 0.240 e. The average molecular weight is 328 g/mol. The first-order chi connectivity index (χ1) is 10.5. The van der Waals surface area contributed by atoms with Crippen LogP contribution in [-0.2, 0) is 21.3 Å². The number of sulfonamides is 1. The van der Waals surface area contributed by atoms with E-state index in [0.29, 0.717) is 32.3 Å². The molecule has 0 heterocycles. The Morgan fingerprint density at radius 2 is 2.18 bits per heavy atom. The molecule has 8 heteroatoms. The Kier molecular flexibility index (Phi) is 7.86. The van der Waals surface area contributed by atoms with Crippen molar-refractivity contribution in [2.45, 2.75) is 24.8 Å². The number of hydrogen-bond donors (Lipinski definition) is 3. The van der Waals surface area contributed by atoms with E-state index in [2.05, 4.69) is 15.0 Å². The third-order valence-electron chi connectivity index (χ3n) is 2.89. The Labute approximate surface area is 132 Å². The number of guanidine groups is 1. The zero-order valence-corrected chi connectivity index (χ0v) is 13.8. The highest BCUT2D eigenvalue weighted by Gasteiger charge is 2.10. The Balaban J connectivity index is 2.53. The summed E-state index contributed by atoms with van der Waals surface area (Å²) in [6.07, 6.45) is 0.847. The molecule has 0 spiro atoms. The van der Waals surface area contributed by atoms with Crippen molar-refractivity contribution in [2.75, 3.05) is 26.8 Å². The Morgan fingerprint density at radius 3 is 2.86 bits per heavy atom. The molecule has 0 saturated heterocycles. The van der Waals surface area contributed by atoms with Gasteiger partial charge in [0.2, 0.25) is 10.0 Å². The summed E-state index contributed by atoms with van der Waals surface area (Å²) in [5, 5.41) is 2.98. The van der Waals surface area contributed by atoms with Crippen LogP contribution in [0.4, 0.5) is 0 Å². The van der Waals surface area contributed by atoms with Gasteiger partial charge in [0.1, 0.15) is 0 Å². The average Bonchev–Trinajstić information content (AvgIpc) is 2.53. The summed E-state index contributed by atoms with van der Waals surface area (Å²) < 4.78 is 30.9. The minimum atomic E-state index is -3.44. The van der Waals surface area contributed by atoms with Crippen molar-refractivity contribution in [1.29, 1.82) is 0 Å². The van der Waals surface area contributed by atoms with Gasteiger partial charge >= 0.3 is 0 Å². The van der Waals surface area contributed by atoms with Gasteiger partial charge in [0.05, 0.1) is 11.4 Å². The van der Waals surface area contributed by atoms with E-state index in [1.54, 1.807) is 18.2 Å². The first kappa shape index (κ1) is 18.4. The van der Waals surface area contributed by atoms with E-state index in [-0.39, 0.29) is 4.90 Å². The minimum Gasteiger partial charge on any atom is -0.382 e. The topological polar surface area (TPSA) is 106 Å². The highest BCUT2D eigenvalue weighted by molar-refractivity contribution is 7.89. The van der Waals surface area contributed by atoms with Crippen molar-refractivity contribution in [1.82, 2.24) is 10.0 Å². The number of benzene rings is 1. The third-order valence-corrected chi connectivity index (χ3v) is 4.30. The van der Waals surface area contributed by atoms with Gasteiger partial charge in [-0.3, -0.25) is 0 Å². The lowest BCUT2D eigenvalue weighted by atomic mass is 10.2. The lowest BCUT2D eigenvalue weighted by Crippen LogP contribution is -2.32. The molecular weight excluding hydrogens is 304 g/mol. The first-order valence-electron chi connectivity index (χ1n) is 7.13. The number of nitrogens with one attached hydrogen (secondary N) is 2. The summed E-state index contributed by atoms with van der Waals surface area (Å²) in [5.74, 6) is 0.332. The van der Waals surface area contributed by atoms with Crippen molar-refractivity contribution >= 4 is 16.0 Å². The van der Waals surface area contributed by atoms with E-state index in [9.17, 15) is 8.42 Å². The van der Waals surface area contributed by atoms with Crippen LogP contribution in [0.1, 0.15) is 18.9 Å². The fourth-order valence-electron chi connectivity index (χ4n) is 1.70. The smallest absolute Gasteiger partial charge is 0.240 e. The second-order valence-corrected chi connectivity index (χ2v) is 6.42. The van der Waals surface area contributed by atoms with Crippen molar-refractivity contribution < 1.29 is 13.2 Å². The number of nitrogens with two attached hydrogens (primary N) is 1. The predicted octanol–water partition coefficient (Wildman–Crippen LogP) is 0.426. The zero-order chi connectivity index (χ0) is 16.4. The maximum absolute atomic E-state index is 11.7. The molecule has 0 amide bonds. The SMILES string of the molecule is CCOCCCNC(N)=NCc1cccc(S(=O)(=O)NC)c1. The summed E-state index contributed by atoms with van der Waals surface area (Å²) in [5.41, 5.74) is 6.53. The summed E-state index contributed by atoms with van der Waals surface area (Å²) >= 11 is 0. The van der Waals surface area contributed by atoms with E-state index in [1.807, 2.05) is 6.92 Å². The lowest BCUT2D eigenvalue weighted by molar-refractivity contribution is 0.145. The van der Waals surface area contributed by atoms with Crippen LogP contribution in [0.25, 0.3) is 0 Å². The molecule has 0 bridgehead atoms. The van der Waals surface area contributed by atoms with Crippen LogP contribution in [0.3, 0.4) is 0 Å². The summed E-state index contributed by atoms with van der Waals surface area (Å²) in [6, 6.07) is 6.60. The normalized spacial score (nSPS) is 12.4. The van der Waals surface area contributed by atoms with E-state index in [4.69, 9.17) is 10.5 Å². The minimum absolute atomic E-state index is 0.214. The molecule has 124 valence electrons. The molecule has 1 aromatic carbocycles. The lowest BCUT2D eigenvalue weighted by Gasteiger charge is -2.07. The first-order valence-corrected chi connectivity index (χ1v) is 8.62. The molecule has 0 fully saturated rings. The van der Waals surface area contributed by atoms with E-state index in [0.717, 1.165) is 12.0 Å². The molecule has 0 saturated carbocycles. The van der Waals surface area contributed by atoms with E-state index >= 15 is 0 Å². The van der Waals surface area contributed by atoms with Gasteiger partial charge in [-0.15, -0.1) is 0 Å². The summed E-state index contributed by atoms with van der Waals surface area (Å²) in [7, 11) is -2.06. The van der Waals surface area contributed by atoms with Crippen molar-refractivity contribution in [3.8, 4) is 0 Å². The van der Waals surface area contributed by atoms with Crippen LogP contribution in [0.2, 0.25) is 0 Å². The van der Waals surface area contributed by atoms with Gasteiger partial charge in [0.15, 0.2) is 5.96 Å². The molecule has 0 aromatic heterocycles. The fraction of sp³-hybridized carbons (Fsp3) is 0.500. The van der Waals surface area contributed by atoms with Crippen LogP contribution in [0.5, 0.6) is 0 Å². The van der Waals surface area contributed by atoms with Gasteiger partial charge in [0.25, 0.3) is 0 Å².